The maximum atomic E-state index is 12.8. The standard InChI is InChI=1S/C13H14F6N2O/c1-2-3-4-21(11(20)22)10-6-8(12(14,15)16)5-9(7-10)13(17,18)19/h5-7H,2-4H2,1H3,(H2,20,22). The number of hydrogen-bond acceptors (Lipinski definition) is 1. The van der Waals surface area contributed by atoms with E-state index in [0.29, 0.717) is 29.9 Å². The Morgan fingerprint density at radius 1 is 1.05 bits per heavy atom. The number of rotatable bonds is 4. The van der Waals surface area contributed by atoms with Crippen LogP contribution in [0.5, 0.6) is 0 Å². The number of alkyl halides is 6. The van der Waals surface area contributed by atoms with Gasteiger partial charge in [0.25, 0.3) is 0 Å². The molecule has 0 heterocycles. The fourth-order valence-corrected chi connectivity index (χ4v) is 1.78. The highest BCUT2D eigenvalue weighted by atomic mass is 19.4. The first-order chi connectivity index (χ1) is 9.96. The molecule has 0 saturated carbocycles. The lowest BCUT2D eigenvalue weighted by atomic mass is 10.1. The molecule has 0 fully saturated rings. The number of benzene rings is 1. The van der Waals surface area contributed by atoms with Gasteiger partial charge in [-0.2, -0.15) is 26.3 Å². The lowest BCUT2D eigenvalue weighted by Crippen LogP contribution is -2.36. The molecule has 0 aliphatic heterocycles. The molecule has 3 nitrogen and oxygen atoms in total. The number of carbonyl (C=O) groups is 1. The Morgan fingerprint density at radius 2 is 1.50 bits per heavy atom. The third-order valence-corrected chi connectivity index (χ3v) is 2.89. The summed E-state index contributed by atoms with van der Waals surface area (Å²) in [5, 5.41) is 0. The van der Waals surface area contributed by atoms with Gasteiger partial charge in [0.05, 0.1) is 11.1 Å². The second kappa shape index (κ2) is 6.45. The first kappa shape index (κ1) is 18.1. The van der Waals surface area contributed by atoms with E-state index in [4.69, 9.17) is 5.73 Å². The number of halogens is 6. The van der Waals surface area contributed by atoms with Crippen molar-refractivity contribution in [1.82, 2.24) is 0 Å². The fraction of sp³-hybridized carbons (Fsp3) is 0.462. The van der Waals surface area contributed by atoms with E-state index in [1.54, 1.807) is 6.92 Å². The largest absolute Gasteiger partial charge is 0.416 e. The smallest absolute Gasteiger partial charge is 0.351 e. The Kier molecular flexibility index (Phi) is 5.31. The Bertz CT molecular complexity index is 506. The topological polar surface area (TPSA) is 46.3 Å². The Balaban J connectivity index is 3.41. The molecule has 2 amide bonds. The maximum Gasteiger partial charge on any atom is 0.416 e. The van der Waals surface area contributed by atoms with Gasteiger partial charge in [0.15, 0.2) is 0 Å². The second-order valence-corrected chi connectivity index (χ2v) is 4.61. The molecule has 0 unspecified atom stereocenters. The molecule has 124 valence electrons. The quantitative estimate of drug-likeness (QED) is 0.818. The van der Waals surface area contributed by atoms with Gasteiger partial charge in [-0.1, -0.05) is 13.3 Å². The van der Waals surface area contributed by atoms with Crippen LogP contribution < -0.4 is 10.6 Å². The van der Waals surface area contributed by atoms with Crippen molar-refractivity contribution in [1.29, 1.82) is 0 Å². The molecule has 2 N–H and O–H groups in total. The van der Waals surface area contributed by atoms with Gasteiger partial charge in [-0.15, -0.1) is 0 Å². The lowest BCUT2D eigenvalue weighted by Gasteiger charge is -2.23. The first-order valence-corrected chi connectivity index (χ1v) is 6.33. The number of nitrogens with two attached hydrogens (primary N) is 1. The molecule has 0 aromatic heterocycles. The van der Waals surface area contributed by atoms with Crippen LogP contribution in [-0.4, -0.2) is 12.6 Å². The third kappa shape index (κ3) is 4.54. The SMILES string of the molecule is CCCCN(C(N)=O)c1cc(C(F)(F)F)cc(C(F)(F)F)c1. The van der Waals surface area contributed by atoms with Crippen molar-refractivity contribution in [3.05, 3.63) is 29.3 Å². The summed E-state index contributed by atoms with van der Waals surface area (Å²) in [5.74, 6) is 0. The zero-order chi connectivity index (χ0) is 17.1. The molecule has 9 heteroatoms. The van der Waals surface area contributed by atoms with Crippen LogP contribution >= 0.6 is 0 Å². The molecular weight excluding hydrogens is 314 g/mol. The molecular formula is C13H14F6N2O. The van der Waals surface area contributed by atoms with Crippen LogP contribution in [0.3, 0.4) is 0 Å². The van der Waals surface area contributed by atoms with Crippen molar-refractivity contribution in [2.45, 2.75) is 32.1 Å². The van der Waals surface area contributed by atoms with Crippen molar-refractivity contribution < 1.29 is 31.1 Å². The molecule has 1 aromatic carbocycles. The van der Waals surface area contributed by atoms with Crippen molar-refractivity contribution >= 4 is 11.7 Å². The highest BCUT2D eigenvalue weighted by Crippen LogP contribution is 2.38. The summed E-state index contributed by atoms with van der Waals surface area (Å²) in [4.78, 5) is 12.0. The van der Waals surface area contributed by atoms with Crippen LogP contribution in [0.25, 0.3) is 0 Å². The maximum absolute atomic E-state index is 12.8. The van der Waals surface area contributed by atoms with Crippen LogP contribution in [0.4, 0.5) is 36.8 Å². The van der Waals surface area contributed by atoms with E-state index in [1.165, 1.54) is 0 Å². The minimum Gasteiger partial charge on any atom is -0.351 e. The predicted molar refractivity (Wildman–Crippen MR) is 68.3 cm³/mol. The normalized spacial score (nSPS) is 12.3. The van der Waals surface area contributed by atoms with Gasteiger partial charge in [0.2, 0.25) is 0 Å². The van der Waals surface area contributed by atoms with Gasteiger partial charge in [-0.3, -0.25) is 4.90 Å². The number of hydrogen-bond donors (Lipinski definition) is 1. The second-order valence-electron chi connectivity index (χ2n) is 4.61. The van der Waals surface area contributed by atoms with E-state index in [1.807, 2.05) is 0 Å². The predicted octanol–water partition coefficient (Wildman–Crippen LogP) is 4.41. The third-order valence-electron chi connectivity index (χ3n) is 2.89. The highest BCUT2D eigenvalue weighted by Gasteiger charge is 2.37. The highest BCUT2D eigenvalue weighted by molar-refractivity contribution is 5.90. The zero-order valence-corrected chi connectivity index (χ0v) is 11.6. The summed E-state index contributed by atoms with van der Waals surface area (Å²) in [6.07, 6.45) is -8.95. The molecule has 22 heavy (non-hydrogen) atoms. The van der Waals surface area contributed by atoms with E-state index >= 15 is 0 Å². The number of amides is 2. The van der Waals surface area contributed by atoms with Crippen molar-refractivity contribution in [3.63, 3.8) is 0 Å². The van der Waals surface area contributed by atoms with Gasteiger partial charge in [-0.25, -0.2) is 4.79 Å². The summed E-state index contributed by atoms with van der Waals surface area (Å²) in [7, 11) is 0. The average Bonchev–Trinajstić information content (AvgIpc) is 2.36. The lowest BCUT2D eigenvalue weighted by molar-refractivity contribution is -0.143. The summed E-state index contributed by atoms with van der Waals surface area (Å²) in [5.41, 5.74) is 1.56. The molecule has 0 radical (unpaired) electrons. The van der Waals surface area contributed by atoms with Gasteiger partial charge < -0.3 is 5.73 Å². The van der Waals surface area contributed by atoms with E-state index in [0.717, 1.165) is 0 Å². The number of urea groups is 1. The van der Waals surface area contributed by atoms with Gasteiger partial charge >= 0.3 is 18.4 Å². The van der Waals surface area contributed by atoms with Crippen molar-refractivity contribution in [2.75, 3.05) is 11.4 Å². The summed E-state index contributed by atoms with van der Waals surface area (Å²) >= 11 is 0. The molecule has 0 atom stereocenters. The van der Waals surface area contributed by atoms with Gasteiger partial charge in [0, 0.05) is 12.2 Å². The monoisotopic (exact) mass is 328 g/mol. The minimum atomic E-state index is -4.97. The number of primary amides is 1. The molecule has 0 aliphatic rings. The van der Waals surface area contributed by atoms with E-state index in [2.05, 4.69) is 0 Å². The van der Waals surface area contributed by atoms with E-state index < -0.39 is 35.2 Å². The van der Waals surface area contributed by atoms with E-state index in [-0.39, 0.29) is 12.6 Å². The van der Waals surface area contributed by atoms with Crippen molar-refractivity contribution in [2.24, 2.45) is 5.73 Å². The molecule has 0 saturated heterocycles. The van der Waals surface area contributed by atoms with Crippen molar-refractivity contribution in [3.8, 4) is 0 Å². The molecule has 0 aliphatic carbocycles. The van der Waals surface area contributed by atoms with Crippen LogP contribution in [0.1, 0.15) is 30.9 Å². The number of nitrogens with zero attached hydrogens (tertiary/aromatic N) is 1. The Labute approximate surface area is 122 Å². The summed E-state index contributed by atoms with van der Waals surface area (Å²) < 4.78 is 76.5. The molecule has 1 rings (SSSR count). The summed E-state index contributed by atoms with van der Waals surface area (Å²) in [6.45, 7) is 1.69. The van der Waals surface area contributed by atoms with Crippen LogP contribution in [0, 0.1) is 0 Å². The Hall–Kier alpha value is -1.93. The molecule has 0 bridgehead atoms. The number of anilines is 1. The van der Waals surface area contributed by atoms with Crippen LogP contribution in [-0.2, 0) is 12.4 Å². The fourth-order valence-electron chi connectivity index (χ4n) is 1.78. The average molecular weight is 328 g/mol. The minimum absolute atomic E-state index is 0.00247. The molecule has 1 aromatic rings. The van der Waals surface area contributed by atoms with Gasteiger partial charge in [-0.05, 0) is 24.6 Å². The number of unbranched alkanes of at least 4 members (excludes halogenated alkanes) is 1. The van der Waals surface area contributed by atoms with Gasteiger partial charge in [0.1, 0.15) is 0 Å². The Morgan fingerprint density at radius 3 is 1.82 bits per heavy atom. The van der Waals surface area contributed by atoms with E-state index in [9.17, 15) is 31.1 Å². The molecule has 0 spiro atoms. The van der Waals surface area contributed by atoms with Crippen LogP contribution in [0.2, 0.25) is 0 Å². The number of carbonyl (C=O) groups excluding carboxylic acids is 1. The van der Waals surface area contributed by atoms with Crippen LogP contribution in [0.15, 0.2) is 18.2 Å². The summed E-state index contributed by atoms with van der Waals surface area (Å²) in [6, 6.07) is -0.144. The zero-order valence-electron chi connectivity index (χ0n) is 11.6. The first-order valence-electron chi connectivity index (χ1n) is 6.33.